The van der Waals surface area contributed by atoms with Crippen molar-refractivity contribution in [2.24, 2.45) is 5.73 Å². The number of carbonyl (C=O) groups excluding carboxylic acids is 1. The van der Waals surface area contributed by atoms with Gasteiger partial charge in [0, 0.05) is 19.1 Å². The number of carbonyl (C=O) groups is 1. The smallest absolute Gasteiger partial charge is 0.229 e. The van der Waals surface area contributed by atoms with Crippen LogP contribution >= 0.6 is 0 Å². The molecule has 0 radical (unpaired) electrons. The standard InChI is InChI=1S/C14H20N2O/c1-11(12-6-3-2-4-7-12)14(17)16-9-5-8-13(15)10-16/h2-4,6-7,11,13H,5,8-10,15H2,1H3/t11-,13-/m0/s1. The van der Waals surface area contributed by atoms with Crippen LogP contribution in [0.2, 0.25) is 0 Å². The van der Waals surface area contributed by atoms with Crippen LogP contribution < -0.4 is 5.73 Å². The molecular weight excluding hydrogens is 212 g/mol. The number of likely N-dealkylation sites (tertiary alicyclic amines) is 1. The minimum atomic E-state index is -0.0681. The zero-order chi connectivity index (χ0) is 12.3. The summed E-state index contributed by atoms with van der Waals surface area (Å²) in [5.74, 6) is 0.132. The van der Waals surface area contributed by atoms with Crippen LogP contribution in [-0.4, -0.2) is 29.9 Å². The third kappa shape index (κ3) is 2.86. The van der Waals surface area contributed by atoms with Crippen molar-refractivity contribution in [3.8, 4) is 0 Å². The highest BCUT2D eigenvalue weighted by Crippen LogP contribution is 2.20. The molecule has 0 aliphatic carbocycles. The molecule has 1 aromatic rings. The van der Waals surface area contributed by atoms with Gasteiger partial charge in [0.15, 0.2) is 0 Å². The second kappa shape index (κ2) is 5.32. The number of amides is 1. The average Bonchev–Trinajstić information content (AvgIpc) is 2.38. The van der Waals surface area contributed by atoms with Crippen LogP contribution in [0.15, 0.2) is 30.3 Å². The molecule has 2 rings (SSSR count). The Morgan fingerprint density at radius 3 is 2.76 bits per heavy atom. The molecule has 17 heavy (non-hydrogen) atoms. The minimum Gasteiger partial charge on any atom is -0.341 e. The maximum Gasteiger partial charge on any atom is 0.229 e. The molecule has 0 aromatic heterocycles. The van der Waals surface area contributed by atoms with E-state index in [4.69, 9.17) is 5.73 Å². The summed E-state index contributed by atoms with van der Waals surface area (Å²) in [6, 6.07) is 10.1. The van der Waals surface area contributed by atoms with Crippen LogP contribution in [0.25, 0.3) is 0 Å². The van der Waals surface area contributed by atoms with Crippen molar-refractivity contribution in [3.63, 3.8) is 0 Å². The molecule has 1 saturated heterocycles. The van der Waals surface area contributed by atoms with Crippen LogP contribution in [0.5, 0.6) is 0 Å². The molecule has 1 aliphatic heterocycles. The van der Waals surface area contributed by atoms with Crippen molar-refractivity contribution < 1.29 is 4.79 Å². The van der Waals surface area contributed by atoms with Gasteiger partial charge in [-0.3, -0.25) is 4.79 Å². The number of hydrogen-bond donors (Lipinski definition) is 1. The lowest BCUT2D eigenvalue weighted by Crippen LogP contribution is -2.47. The molecule has 1 aromatic carbocycles. The predicted octanol–water partition coefficient (Wildman–Crippen LogP) is 1.74. The fraction of sp³-hybridized carbons (Fsp3) is 0.500. The maximum absolute atomic E-state index is 12.3. The van der Waals surface area contributed by atoms with E-state index in [1.807, 2.05) is 42.2 Å². The van der Waals surface area contributed by atoms with Gasteiger partial charge in [0.2, 0.25) is 5.91 Å². The third-order valence-electron chi connectivity index (χ3n) is 3.44. The molecule has 92 valence electrons. The van der Waals surface area contributed by atoms with Crippen LogP contribution in [0.4, 0.5) is 0 Å². The van der Waals surface area contributed by atoms with Gasteiger partial charge in [-0.15, -0.1) is 0 Å². The Hall–Kier alpha value is -1.35. The zero-order valence-electron chi connectivity index (χ0n) is 10.3. The fourth-order valence-electron chi connectivity index (χ4n) is 2.37. The second-order valence-corrected chi connectivity index (χ2v) is 4.82. The van der Waals surface area contributed by atoms with E-state index in [-0.39, 0.29) is 17.9 Å². The number of nitrogens with zero attached hydrogens (tertiary/aromatic N) is 1. The normalized spacial score (nSPS) is 22.2. The van der Waals surface area contributed by atoms with Crippen molar-refractivity contribution in [3.05, 3.63) is 35.9 Å². The van der Waals surface area contributed by atoms with E-state index >= 15 is 0 Å². The lowest BCUT2D eigenvalue weighted by atomic mass is 9.98. The van der Waals surface area contributed by atoms with Gasteiger partial charge in [-0.2, -0.15) is 0 Å². The molecule has 0 unspecified atom stereocenters. The van der Waals surface area contributed by atoms with Crippen molar-refractivity contribution in [2.75, 3.05) is 13.1 Å². The zero-order valence-corrected chi connectivity index (χ0v) is 10.3. The molecule has 3 heteroatoms. The van der Waals surface area contributed by atoms with E-state index in [2.05, 4.69) is 0 Å². The molecular formula is C14H20N2O. The van der Waals surface area contributed by atoms with Gasteiger partial charge in [0.1, 0.15) is 0 Å². The number of piperidine rings is 1. The van der Waals surface area contributed by atoms with Crippen molar-refractivity contribution >= 4 is 5.91 Å². The number of rotatable bonds is 2. The van der Waals surface area contributed by atoms with Gasteiger partial charge < -0.3 is 10.6 Å². The highest BCUT2D eigenvalue weighted by molar-refractivity contribution is 5.83. The lowest BCUT2D eigenvalue weighted by Gasteiger charge is -2.32. The first-order chi connectivity index (χ1) is 8.18. The number of nitrogens with two attached hydrogens (primary N) is 1. The highest BCUT2D eigenvalue weighted by Gasteiger charge is 2.25. The van der Waals surface area contributed by atoms with E-state index in [9.17, 15) is 4.79 Å². The van der Waals surface area contributed by atoms with E-state index in [0.29, 0.717) is 6.54 Å². The number of benzene rings is 1. The molecule has 1 amide bonds. The van der Waals surface area contributed by atoms with E-state index in [1.165, 1.54) is 0 Å². The van der Waals surface area contributed by atoms with Crippen molar-refractivity contribution in [2.45, 2.75) is 31.7 Å². The summed E-state index contributed by atoms with van der Waals surface area (Å²) in [7, 11) is 0. The monoisotopic (exact) mass is 232 g/mol. The number of hydrogen-bond acceptors (Lipinski definition) is 2. The molecule has 1 aliphatic rings. The molecule has 0 spiro atoms. The quantitative estimate of drug-likeness (QED) is 0.844. The van der Waals surface area contributed by atoms with Gasteiger partial charge in [-0.1, -0.05) is 30.3 Å². The molecule has 3 nitrogen and oxygen atoms in total. The molecule has 0 bridgehead atoms. The second-order valence-electron chi connectivity index (χ2n) is 4.82. The predicted molar refractivity (Wildman–Crippen MR) is 68.6 cm³/mol. The van der Waals surface area contributed by atoms with Crippen molar-refractivity contribution in [1.82, 2.24) is 4.90 Å². The van der Waals surface area contributed by atoms with Gasteiger partial charge in [0.25, 0.3) is 0 Å². The van der Waals surface area contributed by atoms with Crippen LogP contribution in [-0.2, 0) is 4.79 Å². The summed E-state index contributed by atoms with van der Waals surface area (Å²) < 4.78 is 0. The van der Waals surface area contributed by atoms with Gasteiger partial charge >= 0.3 is 0 Å². The average molecular weight is 232 g/mol. The first-order valence-corrected chi connectivity index (χ1v) is 6.28. The SMILES string of the molecule is C[C@H](C(=O)N1CCC[C@H](N)C1)c1ccccc1. The summed E-state index contributed by atoms with van der Waals surface area (Å²) in [6.45, 7) is 3.53. The van der Waals surface area contributed by atoms with E-state index < -0.39 is 0 Å². The highest BCUT2D eigenvalue weighted by atomic mass is 16.2. The topological polar surface area (TPSA) is 46.3 Å². The summed E-state index contributed by atoms with van der Waals surface area (Å²) in [6.07, 6.45) is 2.05. The summed E-state index contributed by atoms with van der Waals surface area (Å²) >= 11 is 0. The Morgan fingerprint density at radius 2 is 2.12 bits per heavy atom. The van der Waals surface area contributed by atoms with Crippen LogP contribution in [0.1, 0.15) is 31.2 Å². The van der Waals surface area contributed by atoms with Gasteiger partial charge in [0.05, 0.1) is 5.92 Å². The van der Waals surface area contributed by atoms with E-state index in [0.717, 1.165) is 24.9 Å². The molecule has 2 N–H and O–H groups in total. The Balaban J connectivity index is 2.04. The molecule has 1 heterocycles. The maximum atomic E-state index is 12.3. The summed E-state index contributed by atoms with van der Waals surface area (Å²) in [4.78, 5) is 14.2. The third-order valence-corrected chi connectivity index (χ3v) is 3.44. The van der Waals surface area contributed by atoms with Crippen molar-refractivity contribution in [1.29, 1.82) is 0 Å². The first kappa shape index (κ1) is 12.1. The Labute approximate surface area is 103 Å². The minimum absolute atomic E-state index is 0.0681. The fourth-order valence-corrected chi connectivity index (χ4v) is 2.37. The van der Waals surface area contributed by atoms with Gasteiger partial charge in [-0.05, 0) is 25.3 Å². The Bertz CT molecular complexity index is 377. The van der Waals surface area contributed by atoms with Gasteiger partial charge in [-0.25, -0.2) is 0 Å². The summed E-state index contributed by atoms with van der Waals surface area (Å²) in [5, 5.41) is 0. The molecule has 0 saturated carbocycles. The Kier molecular flexibility index (Phi) is 3.79. The van der Waals surface area contributed by atoms with Crippen LogP contribution in [0.3, 0.4) is 0 Å². The summed E-state index contributed by atoms with van der Waals surface area (Å²) in [5.41, 5.74) is 6.99. The Morgan fingerprint density at radius 1 is 1.41 bits per heavy atom. The molecule has 1 fully saturated rings. The first-order valence-electron chi connectivity index (χ1n) is 6.28. The largest absolute Gasteiger partial charge is 0.341 e. The van der Waals surface area contributed by atoms with E-state index in [1.54, 1.807) is 0 Å². The molecule has 2 atom stereocenters. The van der Waals surface area contributed by atoms with Crippen LogP contribution in [0, 0.1) is 0 Å². The lowest BCUT2D eigenvalue weighted by molar-refractivity contribution is -0.133.